The van der Waals surface area contributed by atoms with Gasteiger partial charge >= 0.3 is 6.18 Å². The minimum Gasteiger partial charge on any atom is -0.324 e. The molecule has 2 aromatic carbocycles. The molecule has 2 rings (SSSR count). The summed E-state index contributed by atoms with van der Waals surface area (Å²) in [6.07, 6.45) is -5.32. The van der Waals surface area contributed by atoms with E-state index in [2.05, 4.69) is 0 Å². The van der Waals surface area contributed by atoms with Gasteiger partial charge in [-0.25, -0.2) is 0 Å². The molecule has 22 heavy (non-hydrogen) atoms. The predicted octanol–water partition coefficient (Wildman–Crippen LogP) is 5.87. The number of halogens is 5. The zero-order valence-corrected chi connectivity index (χ0v) is 13.7. The summed E-state index contributed by atoms with van der Waals surface area (Å²) >= 11 is 7.19. The van der Waals surface area contributed by atoms with Crippen molar-refractivity contribution in [2.75, 3.05) is 0 Å². The van der Waals surface area contributed by atoms with Crippen LogP contribution in [0.3, 0.4) is 0 Å². The van der Waals surface area contributed by atoms with E-state index in [0.29, 0.717) is 10.6 Å². The fraction of sp³-hybridized carbons (Fsp3) is 0.200. The van der Waals surface area contributed by atoms with Crippen molar-refractivity contribution < 1.29 is 13.2 Å². The zero-order chi connectivity index (χ0) is 15.5. The minimum absolute atomic E-state index is 0. The lowest BCUT2D eigenvalue weighted by molar-refractivity contribution is -0.138. The molecule has 0 aromatic heterocycles. The molecule has 0 aliphatic carbocycles. The maximum Gasteiger partial charge on any atom is 0.390 e. The number of nitrogens with two attached hydrogens (primary N) is 1. The van der Waals surface area contributed by atoms with E-state index in [-0.39, 0.29) is 12.4 Å². The Hall–Kier alpha value is -0.880. The van der Waals surface area contributed by atoms with E-state index in [1.165, 1.54) is 11.8 Å². The second kappa shape index (κ2) is 8.11. The highest BCUT2D eigenvalue weighted by atomic mass is 35.5. The molecule has 1 nitrogen and oxygen atoms in total. The highest BCUT2D eigenvalue weighted by Gasteiger charge is 2.31. The average Bonchev–Trinajstić information content (AvgIpc) is 2.40. The van der Waals surface area contributed by atoms with Crippen LogP contribution in [0.1, 0.15) is 18.0 Å². The Morgan fingerprint density at radius 2 is 1.64 bits per heavy atom. The Balaban J connectivity index is 0.00000242. The van der Waals surface area contributed by atoms with E-state index in [9.17, 15) is 13.2 Å². The highest BCUT2D eigenvalue weighted by molar-refractivity contribution is 7.99. The summed E-state index contributed by atoms with van der Waals surface area (Å²) < 4.78 is 37.5. The predicted molar refractivity (Wildman–Crippen MR) is 86.9 cm³/mol. The number of benzene rings is 2. The Kier molecular flexibility index (Phi) is 7.06. The van der Waals surface area contributed by atoms with E-state index in [1.54, 1.807) is 36.4 Å². The summed E-state index contributed by atoms with van der Waals surface area (Å²) in [6, 6.07) is 12.9. The third-order valence-corrected chi connectivity index (χ3v) is 4.16. The van der Waals surface area contributed by atoms with Gasteiger partial charge in [-0.2, -0.15) is 13.2 Å². The van der Waals surface area contributed by atoms with Crippen LogP contribution in [0.2, 0.25) is 5.02 Å². The summed E-state index contributed by atoms with van der Waals surface area (Å²) in [5.74, 6) is 0. The molecule has 0 spiro atoms. The summed E-state index contributed by atoms with van der Waals surface area (Å²) in [5, 5.41) is 0.612. The minimum atomic E-state index is -4.28. The van der Waals surface area contributed by atoms with Gasteiger partial charge in [-0.1, -0.05) is 41.6 Å². The molecule has 0 fully saturated rings. The molecular weight excluding hydrogens is 354 g/mol. The van der Waals surface area contributed by atoms with Crippen LogP contribution in [0.5, 0.6) is 0 Å². The summed E-state index contributed by atoms with van der Waals surface area (Å²) in [6.45, 7) is 0. The van der Waals surface area contributed by atoms with Gasteiger partial charge in [-0.3, -0.25) is 0 Å². The van der Waals surface area contributed by atoms with Gasteiger partial charge in [0.15, 0.2) is 0 Å². The van der Waals surface area contributed by atoms with Crippen molar-refractivity contribution in [2.45, 2.75) is 28.4 Å². The smallest absolute Gasteiger partial charge is 0.324 e. The van der Waals surface area contributed by atoms with Crippen LogP contribution in [0, 0.1) is 0 Å². The molecule has 2 N–H and O–H groups in total. The molecule has 120 valence electrons. The van der Waals surface area contributed by atoms with Crippen LogP contribution in [0.4, 0.5) is 13.2 Å². The maximum absolute atomic E-state index is 12.5. The summed E-state index contributed by atoms with van der Waals surface area (Å²) in [4.78, 5) is 1.61. The zero-order valence-electron chi connectivity index (χ0n) is 11.3. The standard InChI is InChI=1S/C15H13ClF3NS.ClH/c16-10-5-7-11(8-6-10)21-14-4-2-1-3-12(14)13(20)9-15(17,18)19;/h1-8,13H,9,20H2;1H/t13-;/m1./s1. The first-order valence-corrected chi connectivity index (χ1v) is 7.39. The van der Waals surface area contributed by atoms with Crippen LogP contribution in [0.25, 0.3) is 0 Å². The topological polar surface area (TPSA) is 26.0 Å². The van der Waals surface area contributed by atoms with E-state index in [0.717, 1.165) is 9.79 Å². The van der Waals surface area contributed by atoms with Crippen LogP contribution < -0.4 is 5.73 Å². The first-order valence-electron chi connectivity index (χ1n) is 6.20. The fourth-order valence-electron chi connectivity index (χ4n) is 1.87. The van der Waals surface area contributed by atoms with Gasteiger partial charge in [-0.05, 0) is 35.9 Å². The van der Waals surface area contributed by atoms with E-state index in [1.807, 2.05) is 12.1 Å². The maximum atomic E-state index is 12.5. The molecule has 1 atom stereocenters. The molecule has 0 heterocycles. The lowest BCUT2D eigenvalue weighted by Gasteiger charge is -2.17. The number of hydrogen-bond donors (Lipinski definition) is 1. The molecule has 0 bridgehead atoms. The van der Waals surface area contributed by atoms with Crippen molar-refractivity contribution in [2.24, 2.45) is 5.73 Å². The lowest BCUT2D eigenvalue weighted by Crippen LogP contribution is -2.20. The van der Waals surface area contributed by atoms with Gasteiger partial charge in [-0.15, -0.1) is 12.4 Å². The van der Waals surface area contributed by atoms with Crippen molar-refractivity contribution >= 4 is 35.8 Å². The molecule has 0 saturated heterocycles. The molecule has 0 aliphatic heterocycles. The molecule has 7 heteroatoms. The normalized spacial score (nSPS) is 12.6. The van der Waals surface area contributed by atoms with Gasteiger partial charge in [0.05, 0.1) is 6.42 Å². The van der Waals surface area contributed by atoms with E-state index < -0.39 is 18.6 Å². The van der Waals surface area contributed by atoms with Crippen LogP contribution in [-0.2, 0) is 0 Å². The SMILES string of the molecule is Cl.N[C@H](CC(F)(F)F)c1ccccc1Sc1ccc(Cl)cc1. The Morgan fingerprint density at radius 3 is 2.23 bits per heavy atom. The monoisotopic (exact) mass is 367 g/mol. The molecule has 0 saturated carbocycles. The van der Waals surface area contributed by atoms with Crippen molar-refractivity contribution in [3.63, 3.8) is 0 Å². The largest absolute Gasteiger partial charge is 0.390 e. The molecule has 2 aromatic rings. The Labute approximate surface area is 142 Å². The lowest BCUT2D eigenvalue weighted by atomic mass is 10.0. The summed E-state index contributed by atoms with van der Waals surface area (Å²) in [7, 11) is 0. The average molecular weight is 368 g/mol. The first kappa shape index (κ1) is 19.2. The number of hydrogen-bond acceptors (Lipinski definition) is 2. The van der Waals surface area contributed by atoms with Crippen LogP contribution in [-0.4, -0.2) is 6.18 Å². The number of alkyl halides is 3. The third-order valence-electron chi connectivity index (χ3n) is 2.81. The van der Waals surface area contributed by atoms with Gasteiger partial charge in [0.2, 0.25) is 0 Å². The van der Waals surface area contributed by atoms with Crippen LogP contribution >= 0.6 is 35.8 Å². The van der Waals surface area contributed by atoms with E-state index in [4.69, 9.17) is 17.3 Å². The molecular formula is C15H14Cl2F3NS. The Bertz CT molecular complexity index is 602. The molecule has 0 radical (unpaired) electrons. The van der Waals surface area contributed by atoms with Gasteiger partial charge < -0.3 is 5.73 Å². The van der Waals surface area contributed by atoms with Gasteiger partial charge in [0.25, 0.3) is 0 Å². The van der Waals surface area contributed by atoms with Crippen molar-refractivity contribution in [1.82, 2.24) is 0 Å². The second-order valence-electron chi connectivity index (χ2n) is 4.52. The quantitative estimate of drug-likeness (QED) is 0.731. The highest BCUT2D eigenvalue weighted by Crippen LogP contribution is 2.36. The second-order valence-corrected chi connectivity index (χ2v) is 6.07. The van der Waals surface area contributed by atoms with Gasteiger partial charge in [0.1, 0.15) is 0 Å². The molecule has 0 unspecified atom stereocenters. The van der Waals surface area contributed by atoms with Crippen LogP contribution in [0.15, 0.2) is 58.3 Å². The van der Waals surface area contributed by atoms with Crippen molar-refractivity contribution in [3.05, 3.63) is 59.1 Å². The van der Waals surface area contributed by atoms with Gasteiger partial charge in [0, 0.05) is 20.9 Å². The van der Waals surface area contributed by atoms with Crippen molar-refractivity contribution in [3.8, 4) is 0 Å². The first-order chi connectivity index (χ1) is 9.85. The fourth-order valence-corrected chi connectivity index (χ4v) is 3.00. The van der Waals surface area contributed by atoms with E-state index >= 15 is 0 Å². The summed E-state index contributed by atoms with van der Waals surface area (Å²) in [5.41, 5.74) is 6.20. The number of rotatable bonds is 4. The Morgan fingerprint density at radius 1 is 1.05 bits per heavy atom. The van der Waals surface area contributed by atoms with Crippen molar-refractivity contribution in [1.29, 1.82) is 0 Å². The third kappa shape index (κ3) is 5.72. The molecule has 0 amide bonds. The molecule has 0 aliphatic rings.